The highest BCUT2D eigenvalue weighted by Crippen LogP contribution is 2.20. The Morgan fingerprint density at radius 1 is 1.44 bits per heavy atom. The summed E-state index contributed by atoms with van der Waals surface area (Å²) in [6.07, 6.45) is 1.44. The molecule has 0 radical (unpaired) electrons. The third-order valence-corrected chi connectivity index (χ3v) is 2.76. The van der Waals surface area contributed by atoms with Crippen LogP contribution in [-0.4, -0.2) is 27.7 Å². The van der Waals surface area contributed by atoms with Crippen LogP contribution in [0.2, 0.25) is 5.15 Å². The van der Waals surface area contributed by atoms with E-state index in [0.29, 0.717) is 11.6 Å². The van der Waals surface area contributed by atoms with E-state index in [9.17, 15) is 0 Å². The Kier molecular flexibility index (Phi) is 4.96. The average molecular weight is 244 g/mol. The summed E-state index contributed by atoms with van der Waals surface area (Å²) < 4.78 is 0. The van der Waals surface area contributed by atoms with Gasteiger partial charge >= 0.3 is 0 Å². The molecular formula is C11H18ClN3O. The molecule has 0 saturated heterocycles. The fraction of sp³-hybridized carbons (Fsp3) is 0.636. The van der Waals surface area contributed by atoms with Crippen molar-refractivity contribution in [3.05, 3.63) is 16.5 Å². The minimum Gasteiger partial charge on any atom is -0.396 e. The standard InChI is InChI=1S/C11H18ClN3O/c1-4-9-14-10(12)8(3)11(15-9)13-7(2)5-6-16/h7,16H,4-6H2,1-3H3,(H,13,14,15). The minimum absolute atomic E-state index is 0.159. The third-order valence-electron chi connectivity index (χ3n) is 2.39. The summed E-state index contributed by atoms with van der Waals surface area (Å²) in [5.74, 6) is 1.49. The van der Waals surface area contributed by atoms with E-state index in [0.717, 1.165) is 23.6 Å². The first-order valence-electron chi connectivity index (χ1n) is 5.48. The lowest BCUT2D eigenvalue weighted by molar-refractivity contribution is 0.282. The monoisotopic (exact) mass is 243 g/mol. The van der Waals surface area contributed by atoms with E-state index in [1.165, 1.54) is 0 Å². The topological polar surface area (TPSA) is 58.0 Å². The van der Waals surface area contributed by atoms with Gasteiger partial charge in [-0.05, 0) is 20.3 Å². The summed E-state index contributed by atoms with van der Waals surface area (Å²) in [7, 11) is 0. The molecule has 2 N–H and O–H groups in total. The first-order chi connectivity index (χ1) is 7.58. The van der Waals surface area contributed by atoms with Gasteiger partial charge in [0.25, 0.3) is 0 Å². The number of nitrogens with zero attached hydrogens (tertiary/aromatic N) is 2. The van der Waals surface area contributed by atoms with E-state index >= 15 is 0 Å². The number of anilines is 1. The number of aliphatic hydroxyl groups is 1. The quantitative estimate of drug-likeness (QED) is 0.779. The van der Waals surface area contributed by atoms with Crippen LogP contribution in [0.15, 0.2) is 0 Å². The van der Waals surface area contributed by atoms with Crippen LogP contribution in [0.25, 0.3) is 0 Å². The number of hydrogen-bond acceptors (Lipinski definition) is 4. The largest absolute Gasteiger partial charge is 0.396 e. The number of hydrogen-bond donors (Lipinski definition) is 2. The van der Waals surface area contributed by atoms with E-state index in [2.05, 4.69) is 15.3 Å². The Bertz CT molecular complexity index is 357. The predicted molar refractivity (Wildman–Crippen MR) is 65.9 cm³/mol. The first kappa shape index (κ1) is 13.2. The molecule has 0 bridgehead atoms. The maximum Gasteiger partial charge on any atom is 0.137 e. The molecule has 0 fully saturated rings. The molecule has 4 nitrogen and oxygen atoms in total. The molecular weight excluding hydrogens is 226 g/mol. The van der Waals surface area contributed by atoms with Gasteiger partial charge in [0, 0.05) is 24.6 Å². The highest BCUT2D eigenvalue weighted by Gasteiger charge is 2.10. The normalized spacial score (nSPS) is 12.6. The van der Waals surface area contributed by atoms with Gasteiger partial charge in [0.15, 0.2) is 0 Å². The Morgan fingerprint density at radius 3 is 2.69 bits per heavy atom. The summed E-state index contributed by atoms with van der Waals surface area (Å²) in [6.45, 7) is 6.03. The van der Waals surface area contributed by atoms with Crippen molar-refractivity contribution in [2.75, 3.05) is 11.9 Å². The van der Waals surface area contributed by atoms with E-state index in [-0.39, 0.29) is 12.6 Å². The molecule has 0 aliphatic carbocycles. The van der Waals surface area contributed by atoms with Crippen LogP contribution in [0.1, 0.15) is 31.7 Å². The van der Waals surface area contributed by atoms with E-state index < -0.39 is 0 Å². The van der Waals surface area contributed by atoms with Crippen molar-refractivity contribution in [1.29, 1.82) is 0 Å². The Morgan fingerprint density at radius 2 is 2.12 bits per heavy atom. The van der Waals surface area contributed by atoms with Crippen LogP contribution in [0.5, 0.6) is 0 Å². The van der Waals surface area contributed by atoms with E-state index in [1.54, 1.807) is 0 Å². The zero-order valence-corrected chi connectivity index (χ0v) is 10.7. The van der Waals surface area contributed by atoms with Crippen LogP contribution in [0, 0.1) is 6.92 Å². The van der Waals surface area contributed by atoms with E-state index in [4.69, 9.17) is 16.7 Å². The molecule has 0 aliphatic rings. The van der Waals surface area contributed by atoms with Crippen molar-refractivity contribution in [3.63, 3.8) is 0 Å². The van der Waals surface area contributed by atoms with Gasteiger partial charge in [-0.25, -0.2) is 9.97 Å². The van der Waals surface area contributed by atoms with Gasteiger partial charge in [0.05, 0.1) is 0 Å². The molecule has 0 saturated carbocycles. The van der Waals surface area contributed by atoms with Gasteiger partial charge in [0.1, 0.15) is 16.8 Å². The first-order valence-corrected chi connectivity index (χ1v) is 5.86. The summed E-state index contributed by atoms with van der Waals surface area (Å²) in [5.41, 5.74) is 0.851. The fourth-order valence-electron chi connectivity index (χ4n) is 1.33. The lowest BCUT2D eigenvalue weighted by Gasteiger charge is -2.16. The van der Waals surface area contributed by atoms with Crippen molar-refractivity contribution in [1.82, 2.24) is 9.97 Å². The average Bonchev–Trinajstić information content (AvgIpc) is 2.24. The van der Waals surface area contributed by atoms with Crippen LogP contribution < -0.4 is 5.32 Å². The van der Waals surface area contributed by atoms with Crippen molar-refractivity contribution >= 4 is 17.4 Å². The maximum atomic E-state index is 8.84. The van der Waals surface area contributed by atoms with Crippen molar-refractivity contribution < 1.29 is 5.11 Å². The van der Waals surface area contributed by atoms with Crippen LogP contribution in [0.4, 0.5) is 5.82 Å². The summed E-state index contributed by atoms with van der Waals surface area (Å²) in [6, 6.07) is 0.166. The maximum absolute atomic E-state index is 8.84. The fourth-order valence-corrected chi connectivity index (χ4v) is 1.52. The van der Waals surface area contributed by atoms with Gasteiger partial charge in [-0.2, -0.15) is 0 Å². The molecule has 5 heteroatoms. The molecule has 0 amide bonds. The van der Waals surface area contributed by atoms with Crippen LogP contribution in [-0.2, 0) is 6.42 Å². The SMILES string of the molecule is CCc1nc(Cl)c(C)c(NC(C)CCO)n1. The Labute approximate surface area is 101 Å². The molecule has 16 heavy (non-hydrogen) atoms. The summed E-state index contributed by atoms with van der Waals surface area (Å²) in [5, 5.41) is 12.6. The second-order valence-electron chi connectivity index (χ2n) is 3.82. The van der Waals surface area contributed by atoms with E-state index in [1.807, 2.05) is 20.8 Å². The van der Waals surface area contributed by atoms with Gasteiger partial charge in [0.2, 0.25) is 0 Å². The number of aryl methyl sites for hydroxylation is 1. The molecule has 1 atom stereocenters. The highest BCUT2D eigenvalue weighted by atomic mass is 35.5. The van der Waals surface area contributed by atoms with Gasteiger partial charge in [-0.15, -0.1) is 0 Å². The molecule has 0 spiro atoms. The summed E-state index contributed by atoms with van der Waals surface area (Å²) >= 11 is 6.02. The number of rotatable bonds is 5. The van der Waals surface area contributed by atoms with Crippen LogP contribution >= 0.6 is 11.6 Å². The molecule has 1 heterocycles. The van der Waals surface area contributed by atoms with Crippen molar-refractivity contribution in [3.8, 4) is 0 Å². The van der Waals surface area contributed by atoms with Crippen molar-refractivity contribution in [2.24, 2.45) is 0 Å². The molecule has 1 aromatic rings. The Balaban J connectivity index is 2.89. The van der Waals surface area contributed by atoms with Gasteiger partial charge in [-0.3, -0.25) is 0 Å². The zero-order chi connectivity index (χ0) is 12.1. The lowest BCUT2D eigenvalue weighted by atomic mass is 10.2. The molecule has 1 aromatic heterocycles. The van der Waals surface area contributed by atoms with Crippen LogP contribution in [0.3, 0.4) is 0 Å². The number of aromatic nitrogens is 2. The van der Waals surface area contributed by atoms with Gasteiger partial charge in [-0.1, -0.05) is 18.5 Å². The molecule has 90 valence electrons. The minimum atomic E-state index is 0.159. The molecule has 0 aliphatic heterocycles. The Hall–Kier alpha value is -0.870. The van der Waals surface area contributed by atoms with Crippen molar-refractivity contribution in [2.45, 2.75) is 39.7 Å². The third kappa shape index (κ3) is 3.32. The molecule has 1 unspecified atom stereocenters. The summed E-state index contributed by atoms with van der Waals surface area (Å²) in [4.78, 5) is 8.56. The smallest absolute Gasteiger partial charge is 0.137 e. The predicted octanol–water partition coefficient (Wildman–Crippen LogP) is 2.18. The second kappa shape index (κ2) is 6.01. The highest BCUT2D eigenvalue weighted by molar-refractivity contribution is 6.30. The molecule has 1 rings (SSSR count). The lowest BCUT2D eigenvalue weighted by Crippen LogP contribution is -2.19. The number of aliphatic hydroxyl groups excluding tert-OH is 1. The number of halogens is 1. The van der Waals surface area contributed by atoms with Gasteiger partial charge < -0.3 is 10.4 Å². The zero-order valence-electron chi connectivity index (χ0n) is 9.92. The molecule has 0 aromatic carbocycles. The second-order valence-corrected chi connectivity index (χ2v) is 4.17. The number of nitrogens with one attached hydrogen (secondary N) is 1.